The minimum Gasteiger partial charge on any atom is -0.481 e. The molecule has 2 aromatic carbocycles. The van der Waals surface area contributed by atoms with Crippen LogP contribution in [0.1, 0.15) is 60.9 Å². The fraction of sp³-hybridized carbons (Fsp3) is 0.394. The number of halogens is 1. The van der Waals surface area contributed by atoms with Crippen LogP contribution in [0.2, 0.25) is 0 Å². The Morgan fingerprint density at radius 1 is 0.588 bits per heavy atom. The van der Waals surface area contributed by atoms with E-state index in [-0.39, 0.29) is 50.6 Å². The second-order valence-corrected chi connectivity index (χ2v) is 12.6. The van der Waals surface area contributed by atoms with Gasteiger partial charge in [0.2, 0.25) is 11.8 Å². The van der Waals surface area contributed by atoms with Crippen molar-refractivity contribution < 1.29 is 58.8 Å². The maximum absolute atomic E-state index is 13.5. The maximum atomic E-state index is 13.5. The molecule has 2 rings (SSSR count). The number of amides is 5. The molecule has 0 bridgehead atoms. The van der Waals surface area contributed by atoms with Crippen LogP contribution in [0.15, 0.2) is 54.6 Å². The highest BCUT2D eigenvalue weighted by Crippen LogP contribution is 2.10. The van der Waals surface area contributed by atoms with E-state index in [9.17, 15) is 48.6 Å². The van der Waals surface area contributed by atoms with Crippen LogP contribution in [0.3, 0.4) is 0 Å². The van der Waals surface area contributed by atoms with E-state index in [1.807, 2.05) is 0 Å². The van der Waals surface area contributed by atoms with Crippen LogP contribution in [-0.2, 0) is 35.2 Å². The van der Waals surface area contributed by atoms with Crippen molar-refractivity contribution in [1.29, 1.82) is 0 Å². The molecule has 0 saturated carbocycles. The molecule has 17 nitrogen and oxygen atoms in total. The molecule has 18 heteroatoms. The number of carboxylic acid groups (broad SMARTS) is 4. The minimum atomic E-state index is -1.42. The highest BCUT2D eigenvalue weighted by atomic mass is 127. The fourth-order valence-corrected chi connectivity index (χ4v) is 5.01. The van der Waals surface area contributed by atoms with Gasteiger partial charge in [-0.1, -0.05) is 30.3 Å². The molecule has 5 amide bonds. The van der Waals surface area contributed by atoms with Crippen molar-refractivity contribution in [2.75, 3.05) is 6.54 Å². The first-order valence-corrected chi connectivity index (χ1v) is 16.9. The van der Waals surface area contributed by atoms with Gasteiger partial charge in [0.15, 0.2) is 0 Å². The van der Waals surface area contributed by atoms with E-state index in [4.69, 9.17) is 10.2 Å². The van der Waals surface area contributed by atoms with Gasteiger partial charge in [-0.2, -0.15) is 0 Å². The van der Waals surface area contributed by atoms with Gasteiger partial charge >= 0.3 is 29.9 Å². The summed E-state index contributed by atoms with van der Waals surface area (Å²) in [4.78, 5) is 97.2. The predicted molar refractivity (Wildman–Crippen MR) is 188 cm³/mol. The Hall–Kier alpha value is -5.27. The third-order valence-electron chi connectivity index (χ3n) is 7.36. The molecule has 2 aromatic rings. The lowest BCUT2D eigenvalue weighted by atomic mass is 10.0. The highest BCUT2D eigenvalue weighted by molar-refractivity contribution is 14.1. The Morgan fingerprint density at radius 3 is 1.69 bits per heavy atom. The highest BCUT2D eigenvalue weighted by Gasteiger charge is 2.30. The number of carbonyl (C=O) groups excluding carboxylic acids is 4. The lowest BCUT2D eigenvalue weighted by Gasteiger charge is -2.24. The Bertz CT molecular complexity index is 1540. The quantitative estimate of drug-likeness (QED) is 0.0601. The molecule has 0 heterocycles. The van der Waals surface area contributed by atoms with E-state index in [1.54, 1.807) is 42.5 Å². The van der Waals surface area contributed by atoms with Gasteiger partial charge in [0, 0.05) is 34.9 Å². The van der Waals surface area contributed by atoms with Crippen LogP contribution in [0.5, 0.6) is 0 Å². The van der Waals surface area contributed by atoms with Crippen LogP contribution < -0.4 is 26.6 Å². The second-order valence-electron chi connectivity index (χ2n) is 11.3. The monoisotopic (exact) mass is 825 g/mol. The number of hydrogen-bond acceptors (Lipinski definition) is 8. The lowest BCUT2D eigenvalue weighted by Crippen LogP contribution is -2.56. The molecule has 276 valence electrons. The zero-order valence-electron chi connectivity index (χ0n) is 27.3. The van der Waals surface area contributed by atoms with E-state index in [0.717, 1.165) is 3.57 Å². The Kier molecular flexibility index (Phi) is 17.9. The van der Waals surface area contributed by atoms with Crippen LogP contribution in [0.25, 0.3) is 0 Å². The molecule has 0 aliphatic heterocycles. The summed E-state index contributed by atoms with van der Waals surface area (Å²) >= 11 is 2.06. The largest absolute Gasteiger partial charge is 0.481 e. The molecule has 4 atom stereocenters. The molecule has 0 radical (unpaired) electrons. The van der Waals surface area contributed by atoms with Crippen molar-refractivity contribution in [1.82, 2.24) is 26.6 Å². The molecule has 0 saturated heterocycles. The summed E-state index contributed by atoms with van der Waals surface area (Å²) in [5.74, 6) is -7.55. The molecule has 51 heavy (non-hydrogen) atoms. The van der Waals surface area contributed by atoms with E-state index >= 15 is 0 Å². The first kappa shape index (κ1) is 41.9. The molecule has 0 aliphatic carbocycles. The number of unbranched alkanes of at least 4 members (excludes halogenated alkanes) is 1. The van der Waals surface area contributed by atoms with Gasteiger partial charge in [-0.05, 0) is 84.5 Å². The summed E-state index contributed by atoms with van der Waals surface area (Å²) in [6.07, 6.45) is -1.28. The number of carbonyl (C=O) groups is 8. The molecule has 9 N–H and O–H groups in total. The second kappa shape index (κ2) is 21.7. The van der Waals surface area contributed by atoms with Crippen molar-refractivity contribution in [3.63, 3.8) is 0 Å². The molecule has 0 fully saturated rings. The van der Waals surface area contributed by atoms with Crippen molar-refractivity contribution in [2.45, 2.75) is 75.5 Å². The van der Waals surface area contributed by atoms with E-state index < -0.39 is 84.6 Å². The summed E-state index contributed by atoms with van der Waals surface area (Å²) in [6, 6.07) is 8.60. The number of nitrogens with one attached hydrogen (secondary N) is 5. The fourth-order valence-electron chi connectivity index (χ4n) is 4.65. The van der Waals surface area contributed by atoms with Crippen LogP contribution in [0.4, 0.5) is 4.79 Å². The first-order chi connectivity index (χ1) is 24.2. The van der Waals surface area contributed by atoms with Crippen molar-refractivity contribution in [3.05, 3.63) is 69.3 Å². The molecule has 0 spiro atoms. The van der Waals surface area contributed by atoms with Crippen molar-refractivity contribution >= 4 is 70.2 Å². The standard InChI is InChI=1S/C33H40IN5O12/c34-21-11-9-20(10-12-21)28(44)36-22(13-15-26(40)41)29(45)38-25(18-19-6-2-1-3-7-19)30(46)37-23(31(47)48)8-4-5-17-35-33(51)39-24(32(49)50)14-16-27(42)43/h1-3,6-7,9-12,22-25H,4-5,8,13-18H2,(H,36,44)(H,37,46)(H,38,45)(H,40,41)(H,42,43)(H,47,48)(H,49,50)(H2,35,39,51)/t22-,23-,24-,25-/m0/s1. The SMILES string of the molecule is O=C(O)CC[C@H](NC(=O)NCCCC[C@H](NC(=O)[C@H](Cc1ccccc1)NC(=O)[C@H](CCC(=O)O)NC(=O)c1ccc(I)cc1)C(=O)O)C(=O)O. The Labute approximate surface area is 306 Å². The summed E-state index contributed by atoms with van der Waals surface area (Å²) < 4.78 is 0.861. The lowest BCUT2D eigenvalue weighted by molar-refractivity contribution is -0.142. The number of urea groups is 1. The third kappa shape index (κ3) is 16.3. The average molecular weight is 826 g/mol. The normalized spacial score (nSPS) is 13.0. The number of rotatable bonds is 22. The van der Waals surface area contributed by atoms with Crippen LogP contribution >= 0.6 is 22.6 Å². The summed E-state index contributed by atoms with van der Waals surface area (Å²) in [6.45, 7) is 0.00967. The van der Waals surface area contributed by atoms with Gasteiger partial charge in [-0.15, -0.1) is 0 Å². The number of hydrogen-bond donors (Lipinski definition) is 9. The minimum absolute atomic E-state index is 0.00967. The van der Waals surface area contributed by atoms with E-state index in [1.165, 1.54) is 12.1 Å². The van der Waals surface area contributed by atoms with E-state index in [0.29, 0.717) is 5.56 Å². The molecule has 0 aromatic heterocycles. The average Bonchev–Trinajstić information content (AvgIpc) is 3.07. The van der Waals surface area contributed by atoms with Gasteiger partial charge in [0.05, 0.1) is 0 Å². The van der Waals surface area contributed by atoms with Crippen LogP contribution in [0, 0.1) is 3.57 Å². The summed E-state index contributed by atoms with van der Waals surface area (Å²) in [5, 5.41) is 49.0. The molecular formula is C33H40IN5O12. The number of benzene rings is 2. The number of aliphatic carboxylic acids is 4. The smallest absolute Gasteiger partial charge is 0.326 e. The van der Waals surface area contributed by atoms with Crippen molar-refractivity contribution in [2.24, 2.45) is 0 Å². The van der Waals surface area contributed by atoms with E-state index in [2.05, 4.69) is 49.2 Å². The zero-order valence-corrected chi connectivity index (χ0v) is 29.5. The topological polar surface area (TPSA) is 278 Å². The van der Waals surface area contributed by atoms with Gasteiger partial charge in [-0.25, -0.2) is 14.4 Å². The zero-order chi connectivity index (χ0) is 37.9. The van der Waals surface area contributed by atoms with Gasteiger partial charge in [-0.3, -0.25) is 24.0 Å². The van der Waals surface area contributed by atoms with Crippen LogP contribution in [-0.4, -0.2) is 98.8 Å². The molecule has 0 unspecified atom stereocenters. The Balaban J connectivity index is 2.07. The van der Waals surface area contributed by atoms with Gasteiger partial charge in [0.25, 0.3) is 5.91 Å². The summed E-state index contributed by atoms with van der Waals surface area (Å²) in [5.41, 5.74) is 0.842. The third-order valence-corrected chi connectivity index (χ3v) is 8.08. The Morgan fingerprint density at radius 2 is 1.12 bits per heavy atom. The maximum Gasteiger partial charge on any atom is 0.326 e. The van der Waals surface area contributed by atoms with Crippen molar-refractivity contribution in [3.8, 4) is 0 Å². The molecular weight excluding hydrogens is 785 g/mol. The molecule has 0 aliphatic rings. The number of carboxylic acids is 4. The first-order valence-electron chi connectivity index (χ1n) is 15.8. The summed E-state index contributed by atoms with van der Waals surface area (Å²) in [7, 11) is 0. The predicted octanol–water partition coefficient (Wildman–Crippen LogP) is 1.34. The van der Waals surface area contributed by atoms with Gasteiger partial charge < -0.3 is 47.0 Å². The van der Waals surface area contributed by atoms with Gasteiger partial charge in [0.1, 0.15) is 24.2 Å².